The van der Waals surface area contributed by atoms with Crippen molar-refractivity contribution >= 4 is 31.9 Å². The highest BCUT2D eigenvalue weighted by Gasteiger charge is 2.33. The third-order valence-electron chi connectivity index (χ3n) is 4.35. The van der Waals surface area contributed by atoms with E-state index in [-0.39, 0.29) is 24.1 Å². The van der Waals surface area contributed by atoms with E-state index in [0.717, 1.165) is 0 Å². The number of hydrogen-bond acceptors (Lipinski definition) is 7. The molecule has 146 valence electrons. The quantitative estimate of drug-likeness (QED) is 0.323. The van der Waals surface area contributed by atoms with Gasteiger partial charge in [0, 0.05) is 12.5 Å². The van der Waals surface area contributed by atoms with E-state index >= 15 is 0 Å². The Morgan fingerprint density at radius 3 is 2.81 bits per heavy atom. The number of oxime groups is 1. The van der Waals surface area contributed by atoms with Crippen LogP contribution in [0.15, 0.2) is 32.5 Å². The maximum Gasteiger partial charge on any atom is 0.274 e. The fourth-order valence-corrected chi connectivity index (χ4v) is 4.16. The molecular weight excluding hydrogens is 445 g/mol. The number of aromatic nitrogens is 2. The zero-order valence-corrected chi connectivity index (χ0v) is 16.4. The Hall–Kier alpha value is -1.89. The summed E-state index contributed by atoms with van der Waals surface area (Å²) in [4.78, 5) is 0. The first-order valence-electron chi connectivity index (χ1n) is 8.02. The third kappa shape index (κ3) is 5.09. The summed E-state index contributed by atoms with van der Waals surface area (Å²) in [6, 6.07) is 4.27. The first-order chi connectivity index (χ1) is 12.7. The molecule has 27 heavy (non-hydrogen) atoms. The number of nitrogens with two attached hydrogens (primary N) is 1. The van der Waals surface area contributed by atoms with Gasteiger partial charge in [-0.2, -0.15) is 13.1 Å². The van der Waals surface area contributed by atoms with Gasteiger partial charge in [0.25, 0.3) is 10.2 Å². The van der Waals surface area contributed by atoms with E-state index in [4.69, 9.17) is 9.77 Å². The molecule has 3 rings (SSSR count). The fourth-order valence-electron chi connectivity index (χ4n) is 3.07. The van der Waals surface area contributed by atoms with E-state index in [1.165, 1.54) is 6.07 Å². The second-order valence-corrected chi connectivity index (χ2v) is 8.61. The van der Waals surface area contributed by atoms with Gasteiger partial charge in [-0.25, -0.2) is 14.2 Å². The van der Waals surface area contributed by atoms with Gasteiger partial charge in [0.2, 0.25) is 0 Å². The minimum atomic E-state index is -3.72. The predicted molar refractivity (Wildman–Crippen MR) is 96.9 cm³/mol. The summed E-state index contributed by atoms with van der Waals surface area (Å²) in [6.07, 6.45) is 1.92. The summed E-state index contributed by atoms with van der Waals surface area (Å²) < 4.78 is 42.8. The molecule has 1 aliphatic rings. The van der Waals surface area contributed by atoms with E-state index in [9.17, 15) is 18.0 Å². The monoisotopic (exact) mass is 461 g/mol. The van der Waals surface area contributed by atoms with Crippen LogP contribution in [0.5, 0.6) is 0 Å². The molecule has 0 saturated heterocycles. The Labute approximate surface area is 163 Å². The third-order valence-corrected chi connectivity index (χ3v) is 5.62. The molecule has 0 unspecified atom stereocenters. The first kappa shape index (κ1) is 19.9. The van der Waals surface area contributed by atoms with Crippen LogP contribution in [-0.2, 0) is 23.1 Å². The molecule has 1 aromatic carbocycles. The molecule has 4 N–H and O–H groups in total. The Bertz CT molecular complexity index is 959. The van der Waals surface area contributed by atoms with Gasteiger partial charge < -0.3 is 5.21 Å². The number of halogens is 2. The zero-order valence-electron chi connectivity index (χ0n) is 14.0. The standard InChI is InChI=1S/C15H17BrFN5O4S/c16-11-5-8(1-2-12(11)17)6-13(19-23)15-14(20-26-21-15)7-9-3-10(4-9)22-27(18,24)25/h1-2,5,9-10,22-23H,3-4,6-7H2,(H2,18,24,25)/b19-13+. The van der Waals surface area contributed by atoms with Crippen molar-refractivity contribution in [2.45, 2.75) is 31.7 Å². The van der Waals surface area contributed by atoms with Crippen LogP contribution < -0.4 is 9.86 Å². The van der Waals surface area contributed by atoms with E-state index < -0.39 is 16.0 Å². The van der Waals surface area contributed by atoms with Gasteiger partial charge in [-0.3, -0.25) is 0 Å². The van der Waals surface area contributed by atoms with E-state index in [2.05, 4.69) is 36.1 Å². The highest BCUT2D eigenvalue weighted by atomic mass is 79.9. The Morgan fingerprint density at radius 1 is 1.44 bits per heavy atom. The molecule has 1 fully saturated rings. The van der Waals surface area contributed by atoms with Crippen molar-refractivity contribution in [3.63, 3.8) is 0 Å². The van der Waals surface area contributed by atoms with Gasteiger partial charge >= 0.3 is 0 Å². The summed E-state index contributed by atoms with van der Waals surface area (Å²) >= 11 is 3.12. The van der Waals surface area contributed by atoms with Crippen LogP contribution >= 0.6 is 15.9 Å². The van der Waals surface area contributed by atoms with Gasteiger partial charge in [-0.05, 0) is 64.0 Å². The van der Waals surface area contributed by atoms with Crippen molar-refractivity contribution < 1.29 is 22.6 Å². The average Bonchev–Trinajstić information content (AvgIpc) is 3.01. The highest BCUT2D eigenvalue weighted by molar-refractivity contribution is 9.10. The first-order valence-corrected chi connectivity index (χ1v) is 10.4. The molecule has 9 nitrogen and oxygen atoms in total. The summed E-state index contributed by atoms with van der Waals surface area (Å²) in [5.41, 5.74) is 1.79. The van der Waals surface area contributed by atoms with Gasteiger partial charge in [-0.1, -0.05) is 16.4 Å². The number of nitrogens with zero attached hydrogens (tertiary/aromatic N) is 3. The van der Waals surface area contributed by atoms with Gasteiger partial charge in [0.1, 0.15) is 17.2 Å². The molecule has 0 atom stereocenters. The molecule has 0 bridgehead atoms. The van der Waals surface area contributed by atoms with Gasteiger partial charge in [0.15, 0.2) is 5.69 Å². The van der Waals surface area contributed by atoms with Crippen molar-refractivity contribution in [3.05, 3.63) is 45.4 Å². The second-order valence-electron chi connectivity index (χ2n) is 6.43. The SMILES string of the molecule is NS(=O)(=O)NC1CC(Cc2nonc2/C(Cc2ccc(F)c(Br)c2)=N/O)C1. The smallest absolute Gasteiger partial charge is 0.274 e. The Balaban J connectivity index is 1.66. The lowest BCUT2D eigenvalue weighted by Crippen LogP contribution is -2.47. The normalized spacial score (nSPS) is 20.5. The maximum atomic E-state index is 13.4. The number of hydrogen-bond donors (Lipinski definition) is 3. The van der Waals surface area contributed by atoms with E-state index in [0.29, 0.717) is 40.7 Å². The van der Waals surface area contributed by atoms with Crippen molar-refractivity contribution in [2.24, 2.45) is 16.2 Å². The number of nitrogens with one attached hydrogen (secondary N) is 1. The van der Waals surface area contributed by atoms with Crippen LogP contribution in [0.2, 0.25) is 0 Å². The topological polar surface area (TPSA) is 144 Å². The predicted octanol–water partition coefficient (Wildman–Crippen LogP) is 1.51. The van der Waals surface area contributed by atoms with E-state index in [1.54, 1.807) is 12.1 Å². The summed E-state index contributed by atoms with van der Waals surface area (Å²) in [5, 5.41) is 25.3. The van der Waals surface area contributed by atoms with Crippen LogP contribution in [0.3, 0.4) is 0 Å². The molecule has 2 aromatic rings. The Morgan fingerprint density at radius 2 is 2.19 bits per heavy atom. The molecule has 12 heteroatoms. The minimum absolute atomic E-state index is 0.176. The molecular formula is C15H17BrFN5O4S. The van der Waals surface area contributed by atoms with Crippen molar-refractivity contribution in [1.82, 2.24) is 15.0 Å². The summed E-state index contributed by atoms with van der Waals surface area (Å²) in [7, 11) is -3.72. The van der Waals surface area contributed by atoms with Crippen LogP contribution in [0.1, 0.15) is 29.8 Å². The molecule has 0 amide bonds. The minimum Gasteiger partial charge on any atom is -0.411 e. The molecule has 1 aliphatic carbocycles. The molecule has 1 heterocycles. The summed E-state index contributed by atoms with van der Waals surface area (Å²) in [6.45, 7) is 0. The second kappa shape index (κ2) is 8.00. The largest absolute Gasteiger partial charge is 0.411 e. The zero-order chi connectivity index (χ0) is 19.6. The lowest BCUT2D eigenvalue weighted by atomic mass is 9.78. The van der Waals surface area contributed by atoms with Crippen LogP contribution in [0, 0.1) is 11.7 Å². The fraction of sp³-hybridized carbons (Fsp3) is 0.400. The van der Waals surface area contributed by atoms with Crippen molar-refractivity contribution in [3.8, 4) is 0 Å². The molecule has 0 spiro atoms. The lowest BCUT2D eigenvalue weighted by Gasteiger charge is -2.34. The van der Waals surface area contributed by atoms with Crippen LogP contribution in [0.4, 0.5) is 4.39 Å². The molecule has 0 radical (unpaired) electrons. The van der Waals surface area contributed by atoms with Crippen molar-refractivity contribution in [2.75, 3.05) is 0 Å². The molecule has 0 aliphatic heterocycles. The number of benzene rings is 1. The van der Waals surface area contributed by atoms with E-state index in [1.807, 2.05) is 0 Å². The van der Waals surface area contributed by atoms with Gasteiger partial charge in [-0.15, -0.1) is 0 Å². The molecule has 1 saturated carbocycles. The van der Waals surface area contributed by atoms with Crippen LogP contribution in [-0.4, -0.2) is 35.7 Å². The van der Waals surface area contributed by atoms with Gasteiger partial charge in [0.05, 0.1) is 4.47 Å². The molecule has 1 aromatic heterocycles. The average molecular weight is 462 g/mol. The lowest BCUT2D eigenvalue weighted by molar-refractivity contribution is 0.239. The highest BCUT2D eigenvalue weighted by Crippen LogP contribution is 2.31. The number of rotatable bonds is 7. The summed E-state index contributed by atoms with van der Waals surface area (Å²) in [5.74, 6) is -0.215. The maximum absolute atomic E-state index is 13.4. The van der Waals surface area contributed by atoms with Crippen molar-refractivity contribution in [1.29, 1.82) is 0 Å². The Kier molecular flexibility index (Phi) is 5.89. The van der Waals surface area contributed by atoms with Crippen LogP contribution in [0.25, 0.3) is 0 Å².